The van der Waals surface area contributed by atoms with Crippen molar-refractivity contribution in [3.05, 3.63) is 67.8 Å². The zero-order chi connectivity index (χ0) is 18.8. The molecule has 2 aromatic carbocycles. The number of rotatable bonds is 2. The zero-order valence-electron chi connectivity index (χ0n) is 13.5. The van der Waals surface area contributed by atoms with E-state index in [1.54, 1.807) is 9.80 Å². The van der Waals surface area contributed by atoms with Crippen LogP contribution in [0.5, 0.6) is 0 Å². The Bertz CT molecular complexity index is 799. The standard InChI is InChI=1S/C18H14ClF2IN2O2/c19-15-9-11(20)1-3-13(15)17(25)23-5-7-24(8-6-23)18(26)14-4-2-12(21)10-16(14)22/h1-4,9-10H,5-8H2. The number of halogens is 4. The minimum atomic E-state index is -0.504. The van der Waals surface area contributed by atoms with Gasteiger partial charge in [-0.2, -0.15) is 0 Å². The molecule has 8 heteroatoms. The summed E-state index contributed by atoms with van der Waals surface area (Å²) in [7, 11) is 0. The lowest BCUT2D eigenvalue weighted by molar-refractivity contribution is 0.0535. The van der Waals surface area contributed by atoms with E-state index in [1.807, 2.05) is 22.6 Å². The Hall–Kier alpha value is -1.74. The molecule has 1 fully saturated rings. The summed E-state index contributed by atoms with van der Waals surface area (Å²) >= 11 is 7.88. The number of carbonyl (C=O) groups excluding carboxylic acids is 2. The predicted octanol–water partition coefficient (Wildman–Crippen LogP) is 3.82. The van der Waals surface area contributed by atoms with Crippen molar-refractivity contribution in [1.29, 1.82) is 0 Å². The van der Waals surface area contributed by atoms with Crippen LogP contribution in [0.2, 0.25) is 5.02 Å². The molecule has 1 heterocycles. The van der Waals surface area contributed by atoms with E-state index in [9.17, 15) is 18.4 Å². The second-order valence-corrected chi connectivity index (χ2v) is 7.40. The van der Waals surface area contributed by atoms with Gasteiger partial charge in [0, 0.05) is 29.7 Å². The van der Waals surface area contributed by atoms with Gasteiger partial charge in [0.25, 0.3) is 11.8 Å². The summed E-state index contributed by atoms with van der Waals surface area (Å²) in [5, 5.41) is 0.0642. The third-order valence-corrected chi connectivity index (χ3v) is 5.38. The maximum Gasteiger partial charge on any atom is 0.255 e. The summed E-state index contributed by atoms with van der Waals surface area (Å²) in [6.07, 6.45) is 0. The number of carbonyl (C=O) groups is 2. The minimum absolute atomic E-state index is 0.0642. The topological polar surface area (TPSA) is 40.6 Å². The molecule has 0 spiro atoms. The zero-order valence-corrected chi connectivity index (χ0v) is 16.4. The van der Waals surface area contributed by atoms with Gasteiger partial charge in [-0.05, 0) is 59.0 Å². The summed E-state index contributed by atoms with van der Waals surface area (Å²) in [5.41, 5.74) is 0.675. The molecule has 0 N–H and O–H groups in total. The molecule has 0 atom stereocenters. The van der Waals surface area contributed by atoms with Crippen LogP contribution < -0.4 is 0 Å². The first-order valence-electron chi connectivity index (χ1n) is 7.85. The molecule has 2 aromatic rings. The number of hydrogen-bond acceptors (Lipinski definition) is 2. The van der Waals surface area contributed by atoms with E-state index < -0.39 is 11.6 Å². The molecular formula is C18H14ClF2IN2O2. The van der Waals surface area contributed by atoms with Crippen LogP contribution in [0.1, 0.15) is 20.7 Å². The summed E-state index contributed by atoms with van der Waals surface area (Å²) < 4.78 is 26.9. The van der Waals surface area contributed by atoms with Gasteiger partial charge in [-0.15, -0.1) is 0 Å². The van der Waals surface area contributed by atoms with Crippen LogP contribution in [-0.4, -0.2) is 47.8 Å². The molecule has 136 valence electrons. The third kappa shape index (κ3) is 3.98. The van der Waals surface area contributed by atoms with E-state index in [2.05, 4.69) is 0 Å². The van der Waals surface area contributed by atoms with Gasteiger partial charge < -0.3 is 9.80 Å². The highest BCUT2D eigenvalue weighted by Gasteiger charge is 2.27. The summed E-state index contributed by atoms with van der Waals surface area (Å²) in [5.74, 6) is -1.38. The van der Waals surface area contributed by atoms with Gasteiger partial charge in [-0.1, -0.05) is 11.6 Å². The van der Waals surface area contributed by atoms with E-state index in [-0.39, 0.29) is 22.4 Å². The highest BCUT2D eigenvalue weighted by molar-refractivity contribution is 14.1. The van der Waals surface area contributed by atoms with Gasteiger partial charge >= 0.3 is 0 Å². The first-order valence-corrected chi connectivity index (χ1v) is 9.31. The summed E-state index contributed by atoms with van der Waals surface area (Å²) in [6.45, 7) is 1.40. The fraction of sp³-hybridized carbons (Fsp3) is 0.222. The van der Waals surface area contributed by atoms with Gasteiger partial charge in [-0.25, -0.2) is 8.78 Å². The van der Waals surface area contributed by atoms with E-state index in [0.29, 0.717) is 35.3 Å². The Morgan fingerprint density at radius 2 is 1.31 bits per heavy atom. The molecule has 0 bridgehead atoms. The molecule has 26 heavy (non-hydrogen) atoms. The molecule has 1 aliphatic heterocycles. The molecule has 0 aromatic heterocycles. The molecule has 0 radical (unpaired) electrons. The van der Waals surface area contributed by atoms with Crippen molar-refractivity contribution < 1.29 is 18.4 Å². The maximum atomic E-state index is 13.2. The number of nitrogens with zero attached hydrogens (tertiary/aromatic N) is 2. The van der Waals surface area contributed by atoms with Crippen LogP contribution in [0.25, 0.3) is 0 Å². The molecule has 0 unspecified atom stereocenters. The van der Waals surface area contributed by atoms with Crippen LogP contribution in [-0.2, 0) is 0 Å². The van der Waals surface area contributed by atoms with Gasteiger partial charge in [0.1, 0.15) is 11.6 Å². The molecular weight excluding hydrogens is 477 g/mol. The fourth-order valence-corrected chi connectivity index (χ4v) is 3.74. The number of benzene rings is 2. The van der Waals surface area contributed by atoms with Crippen molar-refractivity contribution in [3.8, 4) is 0 Å². The minimum Gasteiger partial charge on any atom is -0.335 e. The molecule has 1 saturated heterocycles. The van der Waals surface area contributed by atoms with Gasteiger partial charge in [0.2, 0.25) is 0 Å². The van der Waals surface area contributed by atoms with Crippen LogP contribution >= 0.6 is 34.2 Å². The van der Waals surface area contributed by atoms with E-state index in [0.717, 1.165) is 6.07 Å². The summed E-state index contributed by atoms with van der Waals surface area (Å²) in [4.78, 5) is 28.4. The predicted molar refractivity (Wildman–Crippen MR) is 102 cm³/mol. The lowest BCUT2D eigenvalue weighted by Crippen LogP contribution is -2.50. The Morgan fingerprint density at radius 1 is 0.846 bits per heavy atom. The molecule has 1 aliphatic rings. The van der Waals surface area contributed by atoms with Crippen molar-refractivity contribution in [2.45, 2.75) is 0 Å². The second kappa shape index (κ2) is 7.87. The molecule has 3 rings (SSSR count). The molecule has 0 aliphatic carbocycles. The van der Waals surface area contributed by atoms with Crippen LogP contribution in [0.15, 0.2) is 36.4 Å². The normalized spacial score (nSPS) is 14.5. The average molecular weight is 491 g/mol. The van der Waals surface area contributed by atoms with Crippen molar-refractivity contribution in [2.75, 3.05) is 26.2 Å². The monoisotopic (exact) mass is 490 g/mol. The first kappa shape index (κ1) is 19.0. The SMILES string of the molecule is O=C(c1ccc(F)cc1Cl)N1CCN(C(=O)c2ccc(F)cc2I)CC1. The van der Waals surface area contributed by atoms with Crippen molar-refractivity contribution in [2.24, 2.45) is 0 Å². The second-order valence-electron chi connectivity index (χ2n) is 5.83. The smallest absolute Gasteiger partial charge is 0.255 e. The van der Waals surface area contributed by atoms with Gasteiger partial charge in [0.05, 0.1) is 16.1 Å². The maximum absolute atomic E-state index is 13.2. The fourth-order valence-electron chi connectivity index (χ4n) is 2.78. The van der Waals surface area contributed by atoms with Crippen LogP contribution in [0.4, 0.5) is 8.78 Å². The largest absolute Gasteiger partial charge is 0.335 e. The lowest BCUT2D eigenvalue weighted by Gasteiger charge is -2.35. The van der Waals surface area contributed by atoms with Gasteiger partial charge in [-0.3, -0.25) is 9.59 Å². The van der Waals surface area contributed by atoms with Crippen LogP contribution in [0, 0.1) is 15.2 Å². The van der Waals surface area contributed by atoms with E-state index in [1.165, 1.54) is 30.3 Å². The first-order chi connectivity index (χ1) is 12.4. The Balaban J connectivity index is 1.67. The Morgan fingerprint density at radius 3 is 1.81 bits per heavy atom. The molecule has 4 nitrogen and oxygen atoms in total. The highest BCUT2D eigenvalue weighted by Crippen LogP contribution is 2.21. The third-order valence-electron chi connectivity index (χ3n) is 4.18. The summed E-state index contributed by atoms with van der Waals surface area (Å²) in [6, 6.07) is 7.68. The number of piperazine rings is 1. The molecule has 2 amide bonds. The quantitative estimate of drug-likeness (QED) is 0.601. The van der Waals surface area contributed by atoms with Gasteiger partial charge in [0.15, 0.2) is 0 Å². The van der Waals surface area contributed by atoms with Crippen molar-refractivity contribution in [3.63, 3.8) is 0 Å². The number of amides is 2. The average Bonchev–Trinajstić information content (AvgIpc) is 2.61. The van der Waals surface area contributed by atoms with E-state index in [4.69, 9.17) is 11.6 Å². The highest BCUT2D eigenvalue weighted by atomic mass is 127. The lowest BCUT2D eigenvalue weighted by atomic mass is 10.1. The van der Waals surface area contributed by atoms with Crippen molar-refractivity contribution >= 4 is 46.0 Å². The Kier molecular flexibility index (Phi) is 5.76. The van der Waals surface area contributed by atoms with Crippen LogP contribution in [0.3, 0.4) is 0 Å². The molecule has 0 saturated carbocycles. The number of hydrogen-bond donors (Lipinski definition) is 0. The van der Waals surface area contributed by atoms with Crippen molar-refractivity contribution in [1.82, 2.24) is 9.80 Å². The Labute approximate surface area is 167 Å². The van der Waals surface area contributed by atoms with E-state index >= 15 is 0 Å².